The van der Waals surface area contributed by atoms with E-state index in [0.717, 1.165) is 47.0 Å². The van der Waals surface area contributed by atoms with Gasteiger partial charge in [-0.25, -0.2) is 4.79 Å². The maximum atomic E-state index is 13.8. The zero-order valence-corrected chi connectivity index (χ0v) is 24.9. The average molecular weight is 574 g/mol. The number of thioether (sulfide) groups is 1. The number of aromatic amines is 1. The van der Waals surface area contributed by atoms with Crippen molar-refractivity contribution in [3.8, 4) is 0 Å². The summed E-state index contributed by atoms with van der Waals surface area (Å²) in [6, 6.07) is 16.2. The Bertz CT molecular complexity index is 1450. The number of benzene rings is 2. The smallest absolute Gasteiger partial charge is 0.322 e. The fraction of sp³-hybridized carbons (Fsp3) is 0.469. The molecule has 2 saturated heterocycles. The molecule has 0 aliphatic carbocycles. The molecule has 2 aromatic carbocycles. The summed E-state index contributed by atoms with van der Waals surface area (Å²) < 4.78 is 0. The summed E-state index contributed by atoms with van der Waals surface area (Å²) in [6.45, 7) is 9.02. The van der Waals surface area contributed by atoms with E-state index in [0.29, 0.717) is 26.2 Å². The van der Waals surface area contributed by atoms with E-state index in [4.69, 9.17) is 0 Å². The first kappa shape index (κ1) is 27.7. The highest BCUT2D eigenvalue weighted by Gasteiger charge is 2.43. The molecule has 4 amide bonds. The summed E-state index contributed by atoms with van der Waals surface area (Å²) in [7, 11) is 0. The van der Waals surface area contributed by atoms with Crippen LogP contribution in [0.15, 0.2) is 54.7 Å². The Morgan fingerprint density at radius 2 is 1.80 bits per heavy atom. The van der Waals surface area contributed by atoms with Crippen molar-refractivity contribution >= 4 is 46.2 Å². The standard InChI is InChI=1S/C32H39N5O3S/c1-32(2,3)14-18-36-29(39)26(41-30(36)24-9-6-8-21-11-15-33-28(21)24)19-27(38)35-16-12-23(13-17-35)37-20-22-7-4-5-10-25(22)34-31(37)40/h4-11,15,23,26,30,33H,12-14,16-20H2,1-3H3,(H,34,40). The first-order valence-electron chi connectivity index (χ1n) is 14.6. The third-order valence-corrected chi connectivity index (χ3v) is 10.1. The number of aromatic nitrogens is 1. The van der Waals surface area contributed by atoms with Crippen molar-refractivity contribution in [3.63, 3.8) is 0 Å². The van der Waals surface area contributed by atoms with Crippen LogP contribution in [0.1, 0.15) is 63.0 Å². The van der Waals surface area contributed by atoms with Crippen molar-refractivity contribution in [1.29, 1.82) is 0 Å². The van der Waals surface area contributed by atoms with Gasteiger partial charge in [0.25, 0.3) is 0 Å². The average Bonchev–Trinajstić information content (AvgIpc) is 3.55. The minimum Gasteiger partial charge on any atom is -0.361 e. The molecule has 2 unspecified atom stereocenters. The van der Waals surface area contributed by atoms with Crippen molar-refractivity contribution in [2.75, 3.05) is 25.0 Å². The van der Waals surface area contributed by atoms with Crippen LogP contribution in [0.4, 0.5) is 10.5 Å². The zero-order chi connectivity index (χ0) is 28.7. The van der Waals surface area contributed by atoms with Crippen LogP contribution in [0.5, 0.6) is 0 Å². The molecule has 3 aliphatic heterocycles. The summed E-state index contributed by atoms with van der Waals surface area (Å²) in [4.78, 5) is 49.2. The molecule has 2 N–H and O–H groups in total. The lowest BCUT2D eigenvalue weighted by Gasteiger charge is -2.40. The lowest BCUT2D eigenvalue weighted by atomic mass is 9.92. The molecule has 0 bridgehead atoms. The van der Waals surface area contributed by atoms with Crippen LogP contribution in [0.3, 0.4) is 0 Å². The third kappa shape index (κ3) is 5.69. The predicted octanol–water partition coefficient (Wildman–Crippen LogP) is 5.98. The Kier molecular flexibility index (Phi) is 7.49. The maximum absolute atomic E-state index is 13.8. The number of carbonyl (C=O) groups excluding carboxylic acids is 3. The Hall–Kier alpha value is -3.46. The van der Waals surface area contributed by atoms with Crippen LogP contribution in [-0.2, 0) is 16.1 Å². The first-order chi connectivity index (χ1) is 19.7. The Labute approximate surface area is 245 Å². The van der Waals surface area contributed by atoms with Crippen LogP contribution in [0.25, 0.3) is 10.9 Å². The molecule has 4 heterocycles. The van der Waals surface area contributed by atoms with Crippen molar-refractivity contribution in [2.45, 2.75) is 69.7 Å². The fourth-order valence-corrected chi connectivity index (χ4v) is 7.70. The lowest BCUT2D eigenvalue weighted by molar-refractivity contribution is -0.137. The second-order valence-corrected chi connectivity index (χ2v) is 13.9. The van der Waals surface area contributed by atoms with Crippen LogP contribution in [-0.4, -0.2) is 68.5 Å². The maximum Gasteiger partial charge on any atom is 0.322 e. The van der Waals surface area contributed by atoms with Crippen molar-refractivity contribution < 1.29 is 14.4 Å². The van der Waals surface area contributed by atoms with E-state index in [9.17, 15) is 14.4 Å². The molecule has 8 nitrogen and oxygen atoms in total. The van der Waals surface area contributed by atoms with Gasteiger partial charge in [0.1, 0.15) is 5.37 Å². The van der Waals surface area contributed by atoms with Gasteiger partial charge in [0.15, 0.2) is 0 Å². The third-order valence-electron chi connectivity index (χ3n) is 8.60. The quantitative estimate of drug-likeness (QED) is 0.380. The van der Waals surface area contributed by atoms with Crippen LogP contribution < -0.4 is 5.32 Å². The highest BCUT2D eigenvalue weighted by molar-refractivity contribution is 8.01. The van der Waals surface area contributed by atoms with Crippen LogP contribution >= 0.6 is 11.8 Å². The molecular formula is C32H39N5O3S. The highest BCUT2D eigenvalue weighted by Crippen LogP contribution is 2.46. The van der Waals surface area contributed by atoms with Gasteiger partial charge in [-0.3, -0.25) is 9.59 Å². The minimum atomic E-state index is -0.403. The van der Waals surface area contributed by atoms with Crippen molar-refractivity contribution in [3.05, 3.63) is 65.9 Å². The molecule has 3 aliphatic rings. The lowest BCUT2D eigenvalue weighted by Crippen LogP contribution is -2.51. The van der Waals surface area contributed by atoms with E-state index < -0.39 is 5.25 Å². The first-order valence-corrected chi connectivity index (χ1v) is 15.6. The van der Waals surface area contributed by atoms with Gasteiger partial charge >= 0.3 is 6.03 Å². The number of anilines is 1. The normalized spacial score (nSPS) is 21.9. The van der Waals surface area contributed by atoms with Gasteiger partial charge in [-0.15, -0.1) is 11.8 Å². The number of fused-ring (bicyclic) bond motifs is 2. The Morgan fingerprint density at radius 1 is 1.02 bits per heavy atom. The van der Waals surface area contributed by atoms with E-state index in [2.05, 4.69) is 49.3 Å². The number of carbonyl (C=O) groups is 3. The molecule has 2 atom stereocenters. The monoisotopic (exact) mass is 573 g/mol. The van der Waals surface area contributed by atoms with E-state index in [1.165, 1.54) is 0 Å². The van der Waals surface area contributed by atoms with Gasteiger partial charge in [0.2, 0.25) is 11.8 Å². The highest BCUT2D eigenvalue weighted by atomic mass is 32.2. The Morgan fingerprint density at radius 3 is 2.59 bits per heavy atom. The molecular weight excluding hydrogens is 534 g/mol. The second kappa shape index (κ2) is 11.1. The zero-order valence-electron chi connectivity index (χ0n) is 24.1. The second-order valence-electron chi connectivity index (χ2n) is 12.6. The summed E-state index contributed by atoms with van der Waals surface area (Å²) in [5.41, 5.74) is 4.24. The van der Waals surface area contributed by atoms with Gasteiger partial charge in [-0.2, -0.15) is 0 Å². The number of hydrogen-bond donors (Lipinski definition) is 2. The van der Waals surface area contributed by atoms with Crippen LogP contribution in [0.2, 0.25) is 0 Å². The minimum absolute atomic E-state index is 0.0252. The summed E-state index contributed by atoms with van der Waals surface area (Å²) in [5, 5.41) is 3.60. The number of amides is 4. The van der Waals surface area contributed by atoms with Gasteiger partial charge in [-0.05, 0) is 47.8 Å². The summed E-state index contributed by atoms with van der Waals surface area (Å²) in [6.07, 6.45) is 4.50. The number of nitrogens with zero attached hydrogens (tertiary/aromatic N) is 3. The number of rotatable bonds is 6. The molecule has 216 valence electrons. The number of nitrogens with one attached hydrogen (secondary N) is 2. The predicted molar refractivity (Wildman–Crippen MR) is 163 cm³/mol. The number of urea groups is 1. The molecule has 0 spiro atoms. The molecule has 9 heteroatoms. The molecule has 41 heavy (non-hydrogen) atoms. The fourth-order valence-electron chi connectivity index (χ4n) is 6.19. The van der Waals surface area contributed by atoms with E-state index >= 15 is 0 Å². The number of piperidine rings is 1. The summed E-state index contributed by atoms with van der Waals surface area (Å²) in [5.74, 6) is 0.0805. The van der Waals surface area contributed by atoms with Gasteiger partial charge in [-0.1, -0.05) is 57.2 Å². The number of likely N-dealkylation sites (tertiary alicyclic amines) is 1. The topological polar surface area (TPSA) is 88.8 Å². The SMILES string of the molecule is CC(C)(C)CCN1C(=O)C(CC(=O)N2CCC(N3Cc4ccccc4NC3=O)CC2)SC1c1cccc2cc[nH]c12. The van der Waals surface area contributed by atoms with Crippen molar-refractivity contribution in [2.24, 2.45) is 5.41 Å². The largest absolute Gasteiger partial charge is 0.361 e. The molecule has 6 rings (SSSR count). The Balaban J connectivity index is 1.11. The van der Waals surface area contributed by atoms with E-state index in [1.807, 2.05) is 51.2 Å². The van der Waals surface area contributed by atoms with Gasteiger partial charge < -0.3 is 25.0 Å². The molecule has 2 fully saturated rings. The van der Waals surface area contributed by atoms with Crippen LogP contribution in [0, 0.1) is 5.41 Å². The van der Waals surface area contributed by atoms with Gasteiger partial charge in [0.05, 0.1) is 10.8 Å². The molecule has 0 saturated carbocycles. The molecule has 1 aromatic heterocycles. The van der Waals surface area contributed by atoms with Crippen molar-refractivity contribution in [1.82, 2.24) is 19.7 Å². The molecule has 3 aromatic rings. The number of hydrogen-bond acceptors (Lipinski definition) is 4. The number of para-hydroxylation sites is 2. The summed E-state index contributed by atoms with van der Waals surface area (Å²) >= 11 is 1.61. The van der Waals surface area contributed by atoms with Gasteiger partial charge in [0, 0.05) is 56.1 Å². The van der Waals surface area contributed by atoms with E-state index in [1.54, 1.807) is 11.8 Å². The molecule has 0 radical (unpaired) electrons. The van der Waals surface area contributed by atoms with E-state index in [-0.39, 0.29) is 41.1 Å². The number of H-pyrrole nitrogens is 1.